The summed E-state index contributed by atoms with van der Waals surface area (Å²) in [4.78, 5) is 27.7. The van der Waals surface area contributed by atoms with Gasteiger partial charge in [0, 0.05) is 17.3 Å². The first-order valence-corrected chi connectivity index (χ1v) is 7.51. The van der Waals surface area contributed by atoms with Gasteiger partial charge in [-0.3, -0.25) is 9.59 Å². The van der Waals surface area contributed by atoms with Gasteiger partial charge < -0.3 is 15.5 Å². The summed E-state index contributed by atoms with van der Waals surface area (Å²) in [6.07, 6.45) is 1.33. The lowest BCUT2D eigenvalue weighted by molar-refractivity contribution is -0.135. The van der Waals surface area contributed by atoms with Gasteiger partial charge in [0.25, 0.3) is 5.91 Å². The number of hydrogen-bond acceptors (Lipinski definition) is 7. The highest BCUT2D eigenvalue weighted by Gasteiger charge is 2.20. The molecule has 3 aromatic rings. The van der Waals surface area contributed by atoms with E-state index in [2.05, 4.69) is 25.7 Å². The summed E-state index contributed by atoms with van der Waals surface area (Å²) in [7, 11) is 0. The molecule has 2 aromatic heterocycles. The van der Waals surface area contributed by atoms with E-state index in [9.17, 15) is 14.7 Å². The Hall–Kier alpha value is -3.82. The molecule has 0 aliphatic carbocycles. The minimum absolute atomic E-state index is 0.228. The Morgan fingerprint density at radius 2 is 1.96 bits per heavy atom. The molecule has 1 aromatic carbocycles. The maximum Gasteiger partial charge on any atom is 0.322 e. The molecule has 10 heteroatoms. The molecule has 3 rings (SSSR count). The molecular weight excluding hydrogens is 340 g/mol. The quantitative estimate of drug-likeness (QED) is 0.603. The summed E-state index contributed by atoms with van der Waals surface area (Å²) in [6.45, 7) is 0.997. The van der Waals surface area contributed by atoms with Crippen LogP contribution in [0.15, 0.2) is 36.5 Å². The number of pyridine rings is 1. The zero-order valence-corrected chi connectivity index (χ0v) is 13.6. The molecule has 0 spiro atoms. The van der Waals surface area contributed by atoms with Gasteiger partial charge in [-0.25, -0.2) is 4.98 Å². The van der Waals surface area contributed by atoms with E-state index in [-0.39, 0.29) is 17.3 Å². The van der Waals surface area contributed by atoms with Crippen LogP contribution >= 0.6 is 0 Å². The molecule has 1 amide bonds. The van der Waals surface area contributed by atoms with E-state index in [0.717, 1.165) is 0 Å². The second-order valence-electron chi connectivity index (χ2n) is 5.31. The molecule has 0 fully saturated rings. The largest absolute Gasteiger partial charge is 0.505 e. The van der Waals surface area contributed by atoms with E-state index >= 15 is 0 Å². The highest BCUT2D eigenvalue weighted by Crippen LogP contribution is 2.28. The van der Waals surface area contributed by atoms with Gasteiger partial charge in [0.2, 0.25) is 5.82 Å². The number of carbonyl (C=O) groups excluding carboxylic acids is 1. The van der Waals surface area contributed by atoms with Gasteiger partial charge >= 0.3 is 5.97 Å². The van der Waals surface area contributed by atoms with Crippen LogP contribution in [0.5, 0.6) is 5.75 Å². The minimum Gasteiger partial charge on any atom is -0.505 e. The number of carboxylic acid groups (broad SMARTS) is 1. The second kappa shape index (κ2) is 6.97. The molecule has 0 radical (unpaired) electrons. The molecule has 26 heavy (non-hydrogen) atoms. The Morgan fingerprint density at radius 1 is 1.23 bits per heavy atom. The fourth-order valence-corrected chi connectivity index (χ4v) is 2.22. The topological polar surface area (TPSA) is 143 Å². The number of benzene rings is 1. The van der Waals surface area contributed by atoms with Crippen LogP contribution in [-0.2, 0) is 4.79 Å². The van der Waals surface area contributed by atoms with Crippen molar-refractivity contribution in [1.29, 1.82) is 0 Å². The molecule has 0 aliphatic heterocycles. The molecule has 132 valence electrons. The molecule has 0 unspecified atom stereocenters. The van der Waals surface area contributed by atoms with Crippen LogP contribution in [0.25, 0.3) is 17.1 Å². The van der Waals surface area contributed by atoms with E-state index in [0.29, 0.717) is 16.8 Å². The number of amides is 1. The summed E-state index contributed by atoms with van der Waals surface area (Å²) in [5, 5.41) is 33.2. The van der Waals surface area contributed by atoms with E-state index in [1.165, 1.54) is 11.0 Å². The number of tetrazole rings is 1. The summed E-state index contributed by atoms with van der Waals surface area (Å²) in [5.74, 6) is -2.14. The molecule has 0 saturated heterocycles. The zero-order valence-electron chi connectivity index (χ0n) is 13.6. The lowest BCUT2D eigenvalue weighted by atomic mass is 10.1. The molecule has 10 nitrogen and oxygen atoms in total. The predicted molar refractivity (Wildman–Crippen MR) is 88.8 cm³/mol. The number of nitrogens with one attached hydrogen (secondary N) is 1. The van der Waals surface area contributed by atoms with Crippen LogP contribution < -0.4 is 5.32 Å². The first-order valence-electron chi connectivity index (χ1n) is 7.51. The summed E-state index contributed by atoms with van der Waals surface area (Å²) in [5.41, 5.74) is 1.17. The molecule has 0 bridgehead atoms. The maximum atomic E-state index is 11.9. The standard InChI is InChI=1S/C16H14N6O4/c1-9-11(7-17-13(14(9)25)16(26)18-8-12(23)24)15-19-21-22(20-15)10-5-3-2-4-6-10/h2-7,25H,8H2,1H3,(H,18,26)(H,23,24). The lowest BCUT2D eigenvalue weighted by Gasteiger charge is -2.08. The fourth-order valence-electron chi connectivity index (χ4n) is 2.22. The number of aromatic nitrogens is 5. The van der Waals surface area contributed by atoms with Crippen LogP contribution in [0.1, 0.15) is 16.1 Å². The third kappa shape index (κ3) is 3.34. The number of hydrogen-bond donors (Lipinski definition) is 3. The summed E-state index contributed by atoms with van der Waals surface area (Å²) < 4.78 is 0. The summed E-state index contributed by atoms with van der Waals surface area (Å²) in [6, 6.07) is 9.15. The van der Waals surface area contributed by atoms with Gasteiger partial charge in [-0.15, -0.1) is 15.0 Å². The van der Waals surface area contributed by atoms with Crippen molar-refractivity contribution >= 4 is 11.9 Å². The zero-order chi connectivity index (χ0) is 18.7. The smallest absolute Gasteiger partial charge is 0.322 e. The van der Waals surface area contributed by atoms with Gasteiger partial charge in [-0.05, 0) is 24.3 Å². The number of aliphatic carboxylic acids is 1. The molecule has 0 aliphatic rings. The highest BCUT2D eigenvalue weighted by molar-refractivity contribution is 5.97. The minimum atomic E-state index is -1.20. The van der Waals surface area contributed by atoms with Crippen LogP contribution in [0.2, 0.25) is 0 Å². The van der Waals surface area contributed by atoms with Crippen molar-refractivity contribution in [2.24, 2.45) is 0 Å². The molecular formula is C16H14N6O4. The maximum absolute atomic E-state index is 11.9. The number of aromatic hydroxyl groups is 1. The number of para-hydroxylation sites is 1. The second-order valence-corrected chi connectivity index (χ2v) is 5.31. The molecule has 0 atom stereocenters. The fraction of sp³-hybridized carbons (Fsp3) is 0.125. The van der Waals surface area contributed by atoms with Crippen molar-refractivity contribution in [2.75, 3.05) is 6.54 Å². The number of nitrogens with zero attached hydrogens (tertiary/aromatic N) is 5. The van der Waals surface area contributed by atoms with Gasteiger partial charge in [0.1, 0.15) is 6.54 Å². The van der Waals surface area contributed by atoms with Crippen molar-refractivity contribution in [2.45, 2.75) is 6.92 Å². The van der Waals surface area contributed by atoms with Gasteiger partial charge in [-0.2, -0.15) is 0 Å². The van der Waals surface area contributed by atoms with Gasteiger partial charge in [0.05, 0.1) is 5.69 Å². The van der Waals surface area contributed by atoms with Gasteiger partial charge in [-0.1, -0.05) is 18.2 Å². The van der Waals surface area contributed by atoms with Crippen LogP contribution in [0.3, 0.4) is 0 Å². The van der Waals surface area contributed by atoms with Crippen LogP contribution in [0.4, 0.5) is 0 Å². The Morgan fingerprint density at radius 3 is 2.65 bits per heavy atom. The number of carboxylic acids is 1. The Balaban J connectivity index is 1.90. The number of rotatable bonds is 5. The van der Waals surface area contributed by atoms with Crippen molar-refractivity contribution < 1.29 is 19.8 Å². The first-order chi connectivity index (χ1) is 12.5. The Labute approximate surface area is 147 Å². The van der Waals surface area contributed by atoms with E-state index in [1.807, 2.05) is 30.3 Å². The van der Waals surface area contributed by atoms with Crippen LogP contribution in [-0.4, -0.2) is 53.8 Å². The summed E-state index contributed by atoms with van der Waals surface area (Å²) >= 11 is 0. The normalized spacial score (nSPS) is 10.5. The van der Waals surface area contributed by atoms with Crippen molar-refractivity contribution in [3.8, 4) is 22.8 Å². The third-order valence-electron chi connectivity index (χ3n) is 3.56. The third-order valence-corrected chi connectivity index (χ3v) is 3.56. The average Bonchev–Trinajstić information content (AvgIpc) is 3.12. The Kier molecular flexibility index (Phi) is 4.56. The molecule has 2 heterocycles. The van der Waals surface area contributed by atoms with Crippen molar-refractivity contribution in [3.05, 3.63) is 47.8 Å². The molecule has 0 saturated carbocycles. The van der Waals surface area contributed by atoms with Crippen LogP contribution in [0, 0.1) is 6.92 Å². The van der Waals surface area contributed by atoms with E-state index in [4.69, 9.17) is 5.11 Å². The SMILES string of the molecule is Cc1c(-c2nnn(-c3ccccc3)n2)cnc(C(=O)NCC(=O)O)c1O. The highest BCUT2D eigenvalue weighted by atomic mass is 16.4. The first kappa shape index (κ1) is 17.0. The molecule has 3 N–H and O–H groups in total. The van der Waals surface area contributed by atoms with Crippen molar-refractivity contribution in [3.63, 3.8) is 0 Å². The monoisotopic (exact) mass is 354 g/mol. The number of carbonyl (C=O) groups is 2. The predicted octanol–water partition coefficient (Wildman–Crippen LogP) is 0.553. The lowest BCUT2D eigenvalue weighted by Crippen LogP contribution is -2.30. The Bertz CT molecular complexity index is 970. The van der Waals surface area contributed by atoms with E-state index in [1.54, 1.807) is 6.92 Å². The average molecular weight is 354 g/mol. The van der Waals surface area contributed by atoms with E-state index < -0.39 is 18.4 Å². The van der Waals surface area contributed by atoms with Gasteiger partial charge in [0.15, 0.2) is 11.4 Å². The van der Waals surface area contributed by atoms with Crippen molar-refractivity contribution in [1.82, 2.24) is 30.5 Å².